The Morgan fingerprint density at radius 1 is 1.56 bits per heavy atom. The van der Waals surface area contributed by atoms with Gasteiger partial charge in [0.25, 0.3) is 0 Å². The predicted octanol–water partition coefficient (Wildman–Crippen LogP) is 3.27. The van der Waals surface area contributed by atoms with Gasteiger partial charge in [0, 0.05) is 7.05 Å². The van der Waals surface area contributed by atoms with Crippen molar-refractivity contribution in [3.8, 4) is 6.07 Å². The van der Waals surface area contributed by atoms with E-state index in [0.29, 0.717) is 0 Å². The quantitative estimate of drug-likeness (QED) is 0.860. The molecule has 0 aromatic carbocycles. The summed E-state index contributed by atoms with van der Waals surface area (Å²) >= 11 is 4.82. The molecule has 0 aliphatic rings. The lowest BCUT2D eigenvalue weighted by Gasteiger charge is -2.20. The van der Waals surface area contributed by atoms with Crippen LogP contribution in [0.4, 0.5) is 5.00 Å². The number of hydrogen-bond donors (Lipinski definition) is 0. The Morgan fingerprint density at radius 3 is 2.56 bits per heavy atom. The number of carbonyl (C=O) groups is 1. The number of hydrogen-bond acceptors (Lipinski definition) is 3. The second-order valence-electron chi connectivity index (χ2n) is 3.83. The molecular formula is C11H13BrN2OS. The third-order valence-electron chi connectivity index (χ3n) is 2.29. The minimum absolute atomic E-state index is 0.0309. The first kappa shape index (κ1) is 13.2. The SMILES string of the molecule is CC(C)C(C#N)C(=O)N(C)c1ccc(Br)s1. The number of thiophene rings is 1. The summed E-state index contributed by atoms with van der Waals surface area (Å²) in [6.07, 6.45) is 0. The fourth-order valence-electron chi connectivity index (χ4n) is 1.29. The van der Waals surface area contributed by atoms with Gasteiger partial charge < -0.3 is 4.90 Å². The largest absolute Gasteiger partial charge is 0.306 e. The van der Waals surface area contributed by atoms with Crippen LogP contribution in [0.3, 0.4) is 0 Å². The molecule has 3 nitrogen and oxygen atoms in total. The van der Waals surface area contributed by atoms with Crippen molar-refractivity contribution in [2.24, 2.45) is 11.8 Å². The molecule has 1 atom stereocenters. The summed E-state index contributed by atoms with van der Waals surface area (Å²) < 4.78 is 0.972. The summed E-state index contributed by atoms with van der Waals surface area (Å²) in [6, 6.07) is 5.81. The van der Waals surface area contributed by atoms with Crippen molar-refractivity contribution in [1.29, 1.82) is 5.26 Å². The van der Waals surface area contributed by atoms with E-state index in [9.17, 15) is 4.79 Å². The molecule has 1 heterocycles. The van der Waals surface area contributed by atoms with Crippen LogP contribution in [0, 0.1) is 23.2 Å². The molecule has 0 aliphatic heterocycles. The first-order chi connectivity index (χ1) is 7.47. The number of nitrogens with zero attached hydrogens (tertiary/aromatic N) is 2. The summed E-state index contributed by atoms with van der Waals surface area (Å²) in [5.74, 6) is -0.693. The maximum atomic E-state index is 12.0. The van der Waals surface area contributed by atoms with Crippen LogP contribution in [-0.2, 0) is 4.79 Å². The molecular weight excluding hydrogens is 288 g/mol. The number of amides is 1. The van der Waals surface area contributed by atoms with Gasteiger partial charge in [0.05, 0.1) is 14.9 Å². The zero-order valence-corrected chi connectivity index (χ0v) is 11.8. The fraction of sp³-hybridized carbons (Fsp3) is 0.455. The molecule has 1 aromatic rings. The normalized spacial score (nSPS) is 12.2. The van der Waals surface area contributed by atoms with E-state index in [1.807, 2.05) is 26.0 Å². The Bertz CT molecular complexity index is 422. The lowest BCUT2D eigenvalue weighted by atomic mass is 9.96. The number of halogens is 1. The van der Waals surface area contributed by atoms with Crippen LogP contribution in [0.1, 0.15) is 13.8 Å². The molecule has 0 spiro atoms. The molecule has 0 saturated carbocycles. The van der Waals surface area contributed by atoms with Crippen molar-refractivity contribution in [2.45, 2.75) is 13.8 Å². The molecule has 5 heteroatoms. The van der Waals surface area contributed by atoms with Crippen molar-refractivity contribution in [2.75, 3.05) is 11.9 Å². The summed E-state index contributed by atoms with van der Waals surface area (Å²) in [4.78, 5) is 13.6. The van der Waals surface area contributed by atoms with Gasteiger partial charge in [-0.25, -0.2) is 0 Å². The zero-order chi connectivity index (χ0) is 12.3. The van der Waals surface area contributed by atoms with Crippen LogP contribution in [-0.4, -0.2) is 13.0 Å². The van der Waals surface area contributed by atoms with E-state index in [1.165, 1.54) is 11.3 Å². The lowest BCUT2D eigenvalue weighted by molar-refractivity contribution is -0.121. The standard InChI is InChI=1S/C11H13BrN2OS/c1-7(2)8(6-13)11(15)14(3)10-5-4-9(12)16-10/h4-5,7-8H,1-3H3. The monoisotopic (exact) mass is 300 g/mol. The molecule has 0 fully saturated rings. The van der Waals surface area contributed by atoms with Gasteiger partial charge in [0.15, 0.2) is 0 Å². The molecule has 0 aliphatic carbocycles. The van der Waals surface area contributed by atoms with E-state index < -0.39 is 5.92 Å². The van der Waals surface area contributed by atoms with Crippen molar-refractivity contribution in [3.05, 3.63) is 15.9 Å². The summed E-state index contributed by atoms with van der Waals surface area (Å²) in [5.41, 5.74) is 0. The van der Waals surface area contributed by atoms with E-state index in [1.54, 1.807) is 11.9 Å². The van der Waals surface area contributed by atoms with Gasteiger partial charge in [-0.15, -0.1) is 11.3 Å². The van der Waals surface area contributed by atoms with Crippen LogP contribution >= 0.6 is 27.3 Å². The van der Waals surface area contributed by atoms with Crippen molar-refractivity contribution < 1.29 is 4.79 Å². The molecule has 1 rings (SSSR count). The highest BCUT2D eigenvalue weighted by Crippen LogP contribution is 2.30. The van der Waals surface area contributed by atoms with Gasteiger partial charge in [-0.3, -0.25) is 4.79 Å². The van der Waals surface area contributed by atoms with Crippen LogP contribution in [0.25, 0.3) is 0 Å². The predicted molar refractivity (Wildman–Crippen MR) is 69.4 cm³/mol. The molecule has 0 saturated heterocycles. The van der Waals surface area contributed by atoms with Crippen molar-refractivity contribution >= 4 is 38.2 Å². The zero-order valence-electron chi connectivity index (χ0n) is 9.40. The molecule has 0 radical (unpaired) electrons. The molecule has 0 bridgehead atoms. The molecule has 16 heavy (non-hydrogen) atoms. The second kappa shape index (κ2) is 5.46. The van der Waals surface area contributed by atoms with Crippen molar-refractivity contribution in [3.63, 3.8) is 0 Å². The van der Waals surface area contributed by atoms with Crippen LogP contribution in [0.5, 0.6) is 0 Å². The highest BCUT2D eigenvalue weighted by Gasteiger charge is 2.26. The Kier molecular flexibility index (Phi) is 4.51. The van der Waals surface area contributed by atoms with Crippen LogP contribution < -0.4 is 4.90 Å². The van der Waals surface area contributed by atoms with E-state index in [0.717, 1.165) is 8.79 Å². The highest BCUT2D eigenvalue weighted by atomic mass is 79.9. The smallest absolute Gasteiger partial charge is 0.244 e. The van der Waals surface area contributed by atoms with Crippen molar-refractivity contribution in [1.82, 2.24) is 0 Å². The van der Waals surface area contributed by atoms with E-state index in [2.05, 4.69) is 22.0 Å². The third kappa shape index (κ3) is 2.83. The molecule has 1 unspecified atom stereocenters. The Labute approximate surface area is 108 Å². The first-order valence-corrected chi connectivity index (χ1v) is 6.50. The van der Waals surface area contributed by atoms with Gasteiger partial charge in [0.1, 0.15) is 5.92 Å². The number of carbonyl (C=O) groups excluding carboxylic acids is 1. The fourth-order valence-corrected chi connectivity index (χ4v) is 2.62. The third-order valence-corrected chi connectivity index (χ3v) is 3.99. The van der Waals surface area contributed by atoms with Gasteiger partial charge in [-0.1, -0.05) is 13.8 Å². The minimum Gasteiger partial charge on any atom is -0.306 e. The van der Waals surface area contributed by atoms with Gasteiger partial charge >= 0.3 is 0 Å². The topological polar surface area (TPSA) is 44.1 Å². The maximum Gasteiger partial charge on any atom is 0.244 e. The van der Waals surface area contributed by atoms with E-state index in [4.69, 9.17) is 5.26 Å². The highest BCUT2D eigenvalue weighted by molar-refractivity contribution is 9.11. The second-order valence-corrected chi connectivity index (χ2v) is 6.27. The maximum absolute atomic E-state index is 12.0. The molecule has 1 amide bonds. The Balaban J connectivity index is 2.86. The lowest BCUT2D eigenvalue weighted by Crippen LogP contribution is -2.34. The number of anilines is 1. The van der Waals surface area contributed by atoms with E-state index in [-0.39, 0.29) is 11.8 Å². The first-order valence-electron chi connectivity index (χ1n) is 4.90. The van der Waals surface area contributed by atoms with Gasteiger partial charge in [-0.05, 0) is 34.0 Å². The average Bonchev–Trinajstić information content (AvgIpc) is 2.64. The number of nitriles is 1. The van der Waals surface area contributed by atoms with Crippen LogP contribution in [0.15, 0.2) is 15.9 Å². The Morgan fingerprint density at radius 2 is 2.19 bits per heavy atom. The summed E-state index contributed by atoms with van der Waals surface area (Å²) in [5, 5.41) is 9.81. The van der Waals surface area contributed by atoms with Gasteiger partial charge in [-0.2, -0.15) is 5.26 Å². The molecule has 0 N–H and O–H groups in total. The summed E-state index contributed by atoms with van der Waals surface area (Å²) in [6.45, 7) is 3.76. The minimum atomic E-state index is -0.578. The number of rotatable bonds is 3. The molecule has 86 valence electrons. The molecule has 1 aromatic heterocycles. The average molecular weight is 301 g/mol. The van der Waals surface area contributed by atoms with Gasteiger partial charge in [0.2, 0.25) is 5.91 Å². The Hall–Kier alpha value is -0.860. The van der Waals surface area contributed by atoms with Crippen LogP contribution in [0.2, 0.25) is 0 Å². The van der Waals surface area contributed by atoms with E-state index >= 15 is 0 Å². The summed E-state index contributed by atoms with van der Waals surface area (Å²) in [7, 11) is 1.70.